The van der Waals surface area contributed by atoms with Crippen molar-refractivity contribution < 1.29 is 28.2 Å². The number of fused-ring (bicyclic) bond motifs is 1. The van der Waals surface area contributed by atoms with E-state index in [0.717, 1.165) is 6.20 Å². The highest BCUT2D eigenvalue weighted by Gasteiger charge is 2.36. The fourth-order valence-corrected chi connectivity index (χ4v) is 3.96. The Morgan fingerprint density at radius 2 is 1.70 bits per heavy atom. The summed E-state index contributed by atoms with van der Waals surface area (Å²) in [5.74, 6) is -1.51. The van der Waals surface area contributed by atoms with Gasteiger partial charge < -0.3 is 19.8 Å². The van der Waals surface area contributed by atoms with E-state index in [1.54, 1.807) is 41.5 Å². The molecule has 0 spiro atoms. The number of imide groups is 1. The lowest BCUT2D eigenvalue weighted by Crippen LogP contribution is -2.44. The van der Waals surface area contributed by atoms with E-state index in [0.29, 0.717) is 32.7 Å². The molecule has 0 aromatic carbocycles. The third-order valence-corrected chi connectivity index (χ3v) is 5.30. The van der Waals surface area contributed by atoms with Gasteiger partial charge in [-0.2, -0.15) is 0 Å². The molecule has 0 saturated heterocycles. The van der Waals surface area contributed by atoms with E-state index < -0.39 is 35.2 Å². The number of ether oxygens (including phenoxy) is 2. The van der Waals surface area contributed by atoms with Crippen molar-refractivity contribution in [3.63, 3.8) is 0 Å². The van der Waals surface area contributed by atoms with Gasteiger partial charge in [0.05, 0.1) is 21.0 Å². The molecule has 2 aromatic heterocycles. The largest absolute Gasteiger partial charge is 0.443 e. The van der Waals surface area contributed by atoms with Crippen molar-refractivity contribution in [1.29, 1.82) is 0 Å². The number of anilines is 1. The van der Waals surface area contributed by atoms with Gasteiger partial charge in [-0.1, -0.05) is 0 Å². The average molecular weight is 573 g/mol. The molecule has 3 rings (SSSR count). The summed E-state index contributed by atoms with van der Waals surface area (Å²) in [4.78, 5) is 49.5. The van der Waals surface area contributed by atoms with Crippen LogP contribution in [0.25, 0.3) is 11.4 Å². The van der Waals surface area contributed by atoms with Gasteiger partial charge in [0.25, 0.3) is 5.91 Å². The molecule has 0 radical (unpaired) electrons. The van der Waals surface area contributed by atoms with E-state index in [1.165, 1.54) is 0 Å². The van der Waals surface area contributed by atoms with Gasteiger partial charge in [-0.15, -0.1) is 4.90 Å². The van der Waals surface area contributed by atoms with Gasteiger partial charge in [-0.05, 0) is 64.1 Å². The monoisotopic (exact) mass is 573 g/mol. The fraction of sp³-hybridized carbons (Fsp3) is 0.476. The number of hydrogen-bond acceptors (Lipinski definition) is 7. The number of hydrogen-bond donors (Lipinski definition) is 2. The van der Waals surface area contributed by atoms with Crippen LogP contribution in [0, 0.1) is 9.39 Å². The maximum Gasteiger partial charge on any atom is 0.427 e. The predicted octanol–water partition coefficient (Wildman–Crippen LogP) is 4.18. The van der Waals surface area contributed by atoms with Crippen molar-refractivity contribution in [3.05, 3.63) is 26.8 Å². The lowest BCUT2D eigenvalue weighted by atomic mass is 10.1. The van der Waals surface area contributed by atoms with E-state index in [2.05, 4.69) is 20.3 Å². The Labute approximate surface area is 203 Å². The van der Waals surface area contributed by atoms with Gasteiger partial charge in [-0.3, -0.25) is 4.79 Å². The molecule has 0 aliphatic carbocycles. The van der Waals surface area contributed by atoms with Gasteiger partial charge in [0.15, 0.2) is 5.82 Å². The molecule has 0 fully saturated rings. The molecule has 1 aliphatic heterocycles. The van der Waals surface area contributed by atoms with Crippen LogP contribution >= 0.6 is 22.6 Å². The number of carbonyl (C=O) groups excluding carboxylic acids is 3. The number of rotatable bonds is 2. The van der Waals surface area contributed by atoms with Crippen LogP contribution in [-0.4, -0.2) is 50.8 Å². The van der Waals surface area contributed by atoms with Crippen LogP contribution in [0.15, 0.2) is 6.20 Å². The topological polar surface area (TPSA) is 127 Å². The third-order valence-electron chi connectivity index (χ3n) is 4.22. The summed E-state index contributed by atoms with van der Waals surface area (Å²) in [6, 6.07) is 0. The number of amides is 3. The summed E-state index contributed by atoms with van der Waals surface area (Å²) in [6.45, 7) is 10.2. The van der Waals surface area contributed by atoms with Crippen LogP contribution in [0.2, 0.25) is 0 Å². The number of aromatic nitrogens is 3. The first kappa shape index (κ1) is 24.9. The van der Waals surface area contributed by atoms with Crippen LogP contribution in [-0.2, 0) is 15.9 Å². The molecule has 2 N–H and O–H groups in total. The molecule has 3 amide bonds. The van der Waals surface area contributed by atoms with E-state index >= 15 is 0 Å². The highest BCUT2D eigenvalue weighted by atomic mass is 127. The molecule has 0 bridgehead atoms. The Kier molecular flexibility index (Phi) is 6.69. The van der Waals surface area contributed by atoms with E-state index in [4.69, 9.17) is 9.47 Å². The average Bonchev–Trinajstić information content (AvgIpc) is 2.98. The summed E-state index contributed by atoms with van der Waals surface area (Å²) >= 11 is 1.93. The van der Waals surface area contributed by atoms with E-state index in [1.807, 2.05) is 22.6 Å². The van der Waals surface area contributed by atoms with Crippen LogP contribution in [0.1, 0.15) is 57.6 Å². The van der Waals surface area contributed by atoms with Crippen LogP contribution in [0.3, 0.4) is 0 Å². The highest BCUT2D eigenvalue weighted by Crippen LogP contribution is 2.32. The van der Waals surface area contributed by atoms with Gasteiger partial charge in [0, 0.05) is 18.7 Å². The molecule has 33 heavy (non-hydrogen) atoms. The normalized spacial score (nSPS) is 13.8. The number of halogens is 2. The Balaban J connectivity index is 2.10. The zero-order chi connectivity index (χ0) is 24.7. The fourth-order valence-electron chi connectivity index (χ4n) is 3.00. The summed E-state index contributed by atoms with van der Waals surface area (Å²) in [6.07, 6.45) is -0.767. The molecule has 3 heterocycles. The Bertz CT molecular complexity index is 1090. The second-order valence-corrected chi connectivity index (χ2v) is 10.4. The molecule has 10 nitrogen and oxygen atoms in total. The molecule has 0 saturated carbocycles. The summed E-state index contributed by atoms with van der Waals surface area (Å²) in [5, 5.41) is 2.74. The maximum absolute atomic E-state index is 14.8. The molecular formula is C21H25FIN5O5. The maximum atomic E-state index is 14.8. The van der Waals surface area contributed by atoms with Crippen LogP contribution in [0.5, 0.6) is 0 Å². The van der Waals surface area contributed by atoms with Crippen LogP contribution < -0.4 is 10.2 Å². The van der Waals surface area contributed by atoms with Crippen LogP contribution in [0.4, 0.5) is 19.9 Å². The second kappa shape index (κ2) is 8.88. The van der Waals surface area contributed by atoms with Crippen molar-refractivity contribution in [2.75, 3.05) is 11.4 Å². The Hall–Kier alpha value is -2.77. The smallest absolute Gasteiger partial charge is 0.427 e. The summed E-state index contributed by atoms with van der Waals surface area (Å²) < 4.78 is 25.9. The zero-order valence-electron chi connectivity index (χ0n) is 19.1. The van der Waals surface area contributed by atoms with Gasteiger partial charge >= 0.3 is 12.2 Å². The summed E-state index contributed by atoms with van der Waals surface area (Å²) in [7, 11) is 0. The summed E-state index contributed by atoms with van der Waals surface area (Å²) in [5.41, 5.74) is -0.764. The lowest BCUT2D eigenvalue weighted by Gasteiger charge is -2.27. The van der Waals surface area contributed by atoms with Gasteiger partial charge in [0.2, 0.25) is 5.95 Å². The first-order valence-corrected chi connectivity index (χ1v) is 11.2. The number of nitrogens with zero attached hydrogens (tertiary/aromatic N) is 3. The minimum absolute atomic E-state index is 0.205. The molecule has 1 aliphatic rings. The quantitative estimate of drug-likeness (QED) is 0.517. The van der Waals surface area contributed by atoms with Crippen molar-refractivity contribution in [3.8, 4) is 11.4 Å². The minimum Gasteiger partial charge on any atom is -0.443 e. The van der Waals surface area contributed by atoms with E-state index in [9.17, 15) is 18.8 Å². The molecule has 12 heteroatoms. The number of aromatic amines is 1. The van der Waals surface area contributed by atoms with Crippen molar-refractivity contribution in [2.45, 2.75) is 59.2 Å². The zero-order valence-corrected chi connectivity index (χ0v) is 21.3. The second-order valence-electron chi connectivity index (χ2n) is 9.34. The van der Waals surface area contributed by atoms with E-state index in [-0.39, 0.29) is 17.3 Å². The Morgan fingerprint density at radius 1 is 1.12 bits per heavy atom. The Morgan fingerprint density at radius 3 is 2.21 bits per heavy atom. The first-order valence-electron chi connectivity index (χ1n) is 10.2. The van der Waals surface area contributed by atoms with Crippen molar-refractivity contribution in [2.24, 2.45) is 0 Å². The standard InChI is InChI=1S/C21H25FIN5O5/c1-20(2,3)32-18(30)28(19(31)33-21(4,5)6)17-25-9-10(22)14(27-17)15-13(23)12-11(26-15)7-8-24-16(12)29/h9,26H,7-8H2,1-6H3,(H,24,29). The number of carbonyl (C=O) groups is 3. The number of H-pyrrole nitrogens is 1. The highest BCUT2D eigenvalue weighted by molar-refractivity contribution is 14.1. The van der Waals surface area contributed by atoms with Crippen molar-refractivity contribution >= 4 is 46.6 Å². The molecule has 0 atom stereocenters. The van der Waals surface area contributed by atoms with Crippen molar-refractivity contribution in [1.82, 2.24) is 20.3 Å². The molecule has 2 aromatic rings. The lowest BCUT2D eigenvalue weighted by molar-refractivity contribution is 0.0426. The molecule has 178 valence electrons. The number of nitrogens with one attached hydrogen (secondary N) is 2. The predicted molar refractivity (Wildman–Crippen MR) is 125 cm³/mol. The molecule has 0 unspecified atom stereocenters. The van der Waals surface area contributed by atoms with Gasteiger partial charge in [0.1, 0.15) is 16.9 Å². The first-order chi connectivity index (χ1) is 15.2. The molecular weight excluding hydrogens is 548 g/mol. The van der Waals surface area contributed by atoms with Gasteiger partial charge in [-0.25, -0.2) is 23.9 Å². The SMILES string of the molecule is CC(C)(C)OC(=O)N(C(=O)OC(C)(C)C)c1ncc(F)c(-c2[nH]c3c(c2I)C(=O)NCC3)n1. The minimum atomic E-state index is -1.07. The third kappa shape index (κ3) is 5.60.